The minimum absolute atomic E-state index is 0.292. The Bertz CT molecular complexity index is 219. The van der Waals surface area contributed by atoms with Crippen molar-refractivity contribution in [1.29, 1.82) is 0 Å². The van der Waals surface area contributed by atoms with Crippen molar-refractivity contribution in [1.82, 2.24) is 0 Å². The van der Waals surface area contributed by atoms with Gasteiger partial charge in [-0.05, 0) is 0 Å². The first-order valence-corrected chi connectivity index (χ1v) is 2.75. The molecule has 0 amide bonds. The molecule has 0 radical (unpaired) electrons. The highest BCUT2D eigenvalue weighted by Gasteiger charge is 2.22. The largest absolute Gasteiger partial charge is 0.416 e. The van der Waals surface area contributed by atoms with Crippen LogP contribution in [0.5, 0.6) is 0 Å². The van der Waals surface area contributed by atoms with Crippen LogP contribution in [0.4, 0.5) is 17.6 Å². The van der Waals surface area contributed by atoms with Gasteiger partial charge >= 0.3 is 6.18 Å². The molecule has 0 unspecified atom stereocenters. The normalized spacial score (nSPS) is 10.3. The van der Waals surface area contributed by atoms with Gasteiger partial charge in [0.15, 0.2) is 0 Å². The van der Waals surface area contributed by atoms with Gasteiger partial charge in [-0.1, -0.05) is 23.9 Å². The average molecular weight is 187 g/mol. The fourth-order valence-corrected chi connectivity index (χ4v) is 0.278. The van der Waals surface area contributed by atoms with E-state index in [0.717, 1.165) is 0 Å². The van der Waals surface area contributed by atoms with Crippen LogP contribution in [0.2, 0.25) is 0 Å². The maximum atomic E-state index is 11.9. The standard InChI is InChI=1S/C6H3ClF4/c1-4(8)5(7)2-3-6(9,10)11/h3H,1H2. The van der Waals surface area contributed by atoms with E-state index >= 15 is 0 Å². The molecule has 0 aliphatic carbocycles. The second-order valence-corrected chi connectivity index (χ2v) is 1.93. The second-order valence-electron chi connectivity index (χ2n) is 1.55. The molecular weight excluding hydrogens is 184 g/mol. The summed E-state index contributed by atoms with van der Waals surface area (Å²) < 4.78 is 45.9. The first-order chi connectivity index (χ1) is 4.83. The third kappa shape index (κ3) is 5.70. The van der Waals surface area contributed by atoms with E-state index in [4.69, 9.17) is 11.6 Å². The number of alkyl halides is 3. The quantitative estimate of drug-likeness (QED) is 0.335. The number of allylic oxidation sites excluding steroid dienone is 2. The van der Waals surface area contributed by atoms with Crippen molar-refractivity contribution in [3.8, 4) is 0 Å². The lowest BCUT2D eigenvalue weighted by molar-refractivity contribution is -0.0796. The van der Waals surface area contributed by atoms with E-state index in [1.165, 1.54) is 5.73 Å². The maximum Gasteiger partial charge on any atom is 0.416 e. The van der Waals surface area contributed by atoms with Crippen molar-refractivity contribution in [2.24, 2.45) is 0 Å². The minimum Gasteiger partial charge on any atom is -0.205 e. The lowest BCUT2D eigenvalue weighted by Crippen LogP contribution is -1.99. The molecule has 0 N–H and O–H groups in total. The van der Waals surface area contributed by atoms with Gasteiger partial charge in [0, 0.05) is 0 Å². The van der Waals surface area contributed by atoms with Gasteiger partial charge in [0.1, 0.15) is 10.9 Å². The molecule has 11 heavy (non-hydrogen) atoms. The molecule has 5 heteroatoms. The fourth-order valence-electron chi connectivity index (χ4n) is 0.224. The molecule has 0 fully saturated rings. The number of halogens is 5. The molecule has 0 saturated heterocycles. The predicted molar refractivity (Wildman–Crippen MR) is 33.8 cm³/mol. The third-order valence-electron chi connectivity index (χ3n) is 0.601. The SMILES string of the molecule is C=C(F)C(Cl)=C=CC(F)(F)F. The van der Waals surface area contributed by atoms with E-state index in [2.05, 4.69) is 6.58 Å². The van der Waals surface area contributed by atoms with Gasteiger partial charge in [-0.3, -0.25) is 0 Å². The van der Waals surface area contributed by atoms with Gasteiger partial charge in [0.25, 0.3) is 0 Å². The van der Waals surface area contributed by atoms with Crippen molar-refractivity contribution in [2.45, 2.75) is 6.18 Å². The monoisotopic (exact) mass is 186 g/mol. The second kappa shape index (κ2) is 3.60. The van der Waals surface area contributed by atoms with Crippen LogP contribution in [-0.4, -0.2) is 6.18 Å². The van der Waals surface area contributed by atoms with Crippen LogP contribution in [-0.2, 0) is 0 Å². The number of rotatable bonds is 1. The molecule has 0 aliphatic heterocycles. The molecular formula is C6H3ClF4. The van der Waals surface area contributed by atoms with Gasteiger partial charge in [-0.25, -0.2) is 4.39 Å². The molecule has 0 heterocycles. The first kappa shape index (κ1) is 10.3. The highest BCUT2D eigenvalue weighted by molar-refractivity contribution is 6.31. The molecule has 0 aromatic rings. The topological polar surface area (TPSA) is 0 Å². The molecule has 0 nitrogen and oxygen atoms in total. The summed E-state index contributed by atoms with van der Waals surface area (Å²) in [5.74, 6) is -1.15. The number of hydrogen-bond donors (Lipinski definition) is 0. The molecule has 0 aromatic heterocycles. The minimum atomic E-state index is -4.53. The Labute approximate surface area is 65.5 Å². The Hall–Kier alpha value is -0.730. The molecule has 0 atom stereocenters. The van der Waals surface area contributed by atoms with Gasteiger partial charge in [0.05, 0.1) is 6.08 Å². The van der Waals surface area contributed by atoms with Gasteiger partial charge in [0.2, 0.25) is 0 Å². The summed E-state index contributed by atoms with van der Waals surface area (Å²) in [4.78, 5) is 0. The van der Waals surface area contributed by atoms with E-state index in [0.29, 0.717) is 0 Å². The lowest BCUT2D eigenvalue weighted by Gasteiger charge is -1.93. The zero-order valence-corrected chi connectivity index (χ0v) is 5.93. The lowest BCUT2D eigenvalue weighted by atomic mass is 10.5. The molecule has 0 aromatic carbocycles. The third-order valence-corrected chi connectivity index (χ3v) is 0.915. The summed E-state index contributed by atoms with van der Waals surface area (Å²) in [5, 5.41) is -0.776. The van der Waals surface area contributed by atoms with Crippen LogP contribution >= 0.6 is 11.6 Å². The first-order valence-electron chi connectivity index (χ1n) is 2.38. The van der Waals surface area contributed by atoms with E-state index in [-0.39, 0.29) is 6.08 Å². The van der Waals surface area contributed by atoms with Crippen LogP contribution in [0.1, 0.15) is 0 Å². The molecule has 0 aliphatic rings. The van der Waals surface area contributed by atoms with Crippen molar-refractivity contribution in [3.05, 3.63) is 29.2 Å². The van der Waals surface area contributed by atoms with Crippen LogP contribution in [0.3, 0.4) is 0 Å². The van der Waals surface area contributed by atoms with Gasteiger partial charge < -0.3 is 0 Å². The molecule has 0 bridgehead atoms. The summed E-state index contributed by atoms with van der Waals surface area (Å²) in [6.45, 7) is 2.67. The van der Waals surface area contributed by atoms with E-state index in [9.17, 15) is 17.6 Å². The van der Waals surface area contributed by atoms with Crippen LogP contribution in [0.15, 0.2) is 29.2 Å². The van der Waals surface area contributed by atoms with Crippen molar-refractivity contribution < 1.29 is 17.6 Å². The van der Waals surface area contributed by atoms with E-state index < -0.39 is 17.0 Å². The Kier molecular flexibility index (Phi) is 3.36. The summed E-state index contributed by atoms with van der Waals surface area (Å²) in [7, 11) is 0. The highest BCUT2D eigenvalue weighted by Crippen LogP contribution is 2.18. The summed E-state index contributed by atoms with van der Waals surface area (Å²) in [6, 6.07) is 0. The molecule has 0 saturated carbocycles. The molecule has 0 spiro atoms. The van der Waals surface area contributed by atoms with Crippen LogP contribution < -0.4 is 0 Å². The van der Waals surface area contributed by atoms with E-state index in [1.807, 2.05) is 0 Å². The van der Waals surface area contributed by atoms with Crippen LogP contribution in [0.25, 0.3) is 0 Å². The zero-order chi connectivity index (χ0) is 9.07. The molecule has 62 valence electrons. The number of hydrogen-bond acceptors (Lipinski definition) is 0. The fraction of sp³-hybridized carbons (Fsp3) is 0.167. The van der Waals surface area contributed by atoms with Crippen molar-refractivity contribution in [2.75, 3.05) is 0 Å². The summed E-state index contributed by atoms with van der Waals surface area (Å²) in [5.41, 5.74) is 1.48. The van der Waals surface area contributed by atoms with Gasteiger partial charge in [-0.2, -0.15) is 13.2 Å². The highest BCUT2D eigenvalue weighted by atomic mass is 35.5. The van der Waals surface area contributed by atoms with Crippen LogP contribution in [0, 0.1) is 0 Å². The van der Waals surface area contributed by atoms with Crippen molar-refractivity contribution >= 4 is 11.6 Å². The zero-order valence-electron chi connectivity index (χ0n) is 5.17. The Morgan fingerprint density at radius 1 is 1.45 bits per heavy atom. The summed E-state index contributed by atoms with van der Waals surface area (Å²) in [6.07, 6.45) is -4.82. The molecule has 0 rings (SSSR count). The van der Waals surface area contributed by atoms with E-state index in [1.54, 1.807) is 0 Å². The Balaban J connectivity index is 4.55. The maximum absolute atomic E-state index is 11.9. The Morgan fingerprint density at radius 2 is 1.91 bits per heavy atom. The summed E-state index contributed by atoms with van der Waals surface area (Å²) >= 11 is 4.92. The predicted octanol–water partition coefficient (Wildman–Crippen LogP) is 3.31. The van der Waals surface area contributed by atoms with Gasteiger partial charge in [-0.15, -0.1) is 0 Å². The van der Waals surface area contributed by atoms with Crippen molar-refractivity contribution in [3.63, 3.8) is 0 Å². The Morgan fingerprint density at radius 3 is 2.18 bits per heavy atom. The average Bonchev–Trinajstić information content (AvgIpc) is 1.80. The smallest absolute Gasteiger partial charge is 0.205 e.